The van der Waals surface area contributed by atoms with E-state index in [0.29, 0.717) is 24.7 Å². The van der Waals surface area contributed by atoms with E-state index in [-0.39, 0.29) is 11.9 Å². The van der Waals surface area contributed by atoms with Gasteiger partial charge in [0.05, 0.1) is 0 Å². The van der Waals surface area contributed by atoms with E-state index in [4.69, 9.17) is 5.73 Å². The van der Waals surface area contributed by atoms with Crippen LogP contribution in [0.15, 0.2) is 18.2 Å². The Kier molecular flexibility index (Phi) is 8.25. The lowest BCUT2D eigenvalue weighted by atomic mass is 9.96. The molecule has 2 rings (SSSR count). The monoisotopic (exact) mass is 360 g/mol. The zero-order chi connectivity index (χ0) is 18.8. The van der Waals surface area contributed by atoms with Crippen LogP contribution in [0.1, 0.15) is 63.4 Å². The van der Waals surface area contributed by atoms with Gasteiger partial charge in [0.2, 0.25) is 5.91 Å². The van der Waals surface area contributed by atoms with E-state index < -0.39 is 0 Å². The first kappa shape index (κ1) is 20.1. The molecule has 1 aliphatic carbocycles. The molecule has 1 fully saturated rings. The Labute approximate surface area is 156 Å². The Morgan fingerprint density at radius 3 is 2.65 bits per heavy atom. The van der Waals surface area contributed by atoms with Gasteiger partial charge in [-0.2, -0.15) is 0 Å². The Bertz CT molecular complexity index is 597. The summed E-state index contributed by atoms with van der Waals surface area (Å²) < 4.78 is 0. The number of amides is 3. The lowest BCUT2D eigenvalue weighted by molar-refractivity contribution is -0.116. The number of aryl methyl sites for hydroxylation is 1. The van der Waals surface area contributed by atoms with E-state index in [1.807, 2.05) is 19.1 Å². The smallest absolute Gasteiger partial charge is 0.315 e. The number of nitrogen functional groups attached to an aromatic ring is 1. The fraction of sp³-hybridized carbons (Fsp3) is 0.600. The van der Waals surface area contributed by atoms with Crippen LogP contribution in [-0.2, 0) is 4.79 Å². The molecule has 0 aliphatic heterocycles. The molecule has 144 valence electrons. The van der Waals surface area contributed by atoms with Gasteiger partial charge in [-0.15, -0.1) is 0 Å². The molecule has 3 amide bonds. The minimum Gasteiger partial charge on any atom is -0.399 e. The van der Waals surface area contributed by atoms with Gasteiger partial charge < -0.3 is 21.7 Å². The number of anilines is 2. The molecule has 1 aliphatic rings. The number of nitrogens with two attached hydrogens (primary N) is 1. The largest absolute Gasteiger partial charge is 0.399 e. The molecule has 1 aromatic rings. The van der Waals surface area contributed by atoms with Crippen LogP contribution in [-0.4, -0.2) is 24.5 Å². The molecule has 0 heterocycles. The number of benzene rings is 1. The van der Waals surface area contributed by atoms with E-state index in [9.17, 15) is 9.59 Å². The maximum absolute atomic E-state index is 12.0. The highest BCUT2D eigenvalue weighted by Gasteiger charge is 2.15. The van der Waals surface area contributed by atoms with Gasteiger partial charge >= 0.3 is 6.03 Å². The normalized spacial score (nSPS) is 14.7. The van der Waals surface area contributed by atoms with Gasteiger partial charge in [-0.1, -0.05) is 31.7 Å². The lowest BCUT2D eigenvalue weighted by Crippen LogP contribution is -2.43. The maximum atomic E-state index is 12.0. The van der Waals surface area contributed by atoms with Crippen LogP contribution < -0.4 is 21.7 Å². The quantitative estimate of drug-likeness (QED) is 0.420. The predicted molar refractivity (Wildman–Crippen MR) is 106 cm³/mol. The Hall–Kier alpha value is -2.24. The molecule has 0 unspecified atom stereocenters. The van der Waals surface area contributed by atoms with Crippen LogP contribution in [0.2, 0.25) is 0 Å². The summed E-state index contributed by atoms with van der Waals surface area (Å²) in [5.41, 5.74) is 8.17. The number of hydrogen-bond acceptors (Lipinski definition) is 3. The summed E-state index contributed by atoms with van der Waals surface area (Å²) in [7, 11) is 0. The zero-order valence-corrected chi connectivity index (χ0v) is 15.8. The number of carbonyl (C=O) groups excluding carboxylic acids is 2. The third-order valence-electron chi connectivity index (χ3n) is 4.84. The summed E-state index contributed by atoms with van der Waals surface area (Å²) in [5, 5.41) is 8.85. The number of carbonyl (C=O) groups is 2. The maximum Gasteiger partial charge on any atom is 0.315 e. The summed E-state index contributed by atoms with van der Waals surface area (Å²) in [6, 6.07) is 5.77. The molecule has 0 atom stereocenters. The molecule has 6 heteroatoms. The third kappa shape index (κ3) is 7.33. The second kappa shape index (κ2) is 10.7. The summed E-state index contributed by atoms with van der Waals surface area (Å²) in [4.78, 5) is 23.8. The Balaban J connectivity index is 1.52. The van der Waals surface area contributed by atoms with E-state index in [0.717, 1.165) is 43.4 Å². The molecule has 0 bridgehead atoms. The van der Waals surface area contributed by atoms with Gasteiger partial charge in [-0.05, 0) is 50.3 Å². The van der Waals surface area contributed by atoms with E-state index >= 15 is 0 Å². The van der Waals surface area contributed by atoms with Crippen molar-refractivity contribution in [2.24, 2.45) is 0 Å². The highest BCUT2D eigenvalue weighted by atomic mass is 16.2. The van der Waals surface area contributed by atoms with Crippen LogP contribution in [0.25, 0.3) is 0 Å². The van der Waals surface area contributed by atoms with Gasteiger partial charge in [0.25, 0.3) is 0 Å². The van der Waals surface area contributed by atoms with Crippen molar-refractivity contribution in [2.45, 2.75) is 70.8 Å². The molecule has 1 saturated carbocycles. The summed E-state index contributed by atoms with van der Waals surface area (Å²) in [6.07, 6.45) is 8.95. The van der Waals surface area contributed by atoms with Crippen LogP contribution in [0.4, 0.5) is 16.2 Å². The first-order valence-corrected chi connectivity index (χ1v) is 9.75. The van der Waals surface area contributed by atoms with Gasteiger partial charge in [0.15, 0.2) is 0 Å². The molecule has 1 aromatic carbocycles. The highest BCUT2D eigenvalue weighted by molar-refractivity contribution is 5.91. The van der Waals surface area contributed by atoms with Crippen LogP contribution in [0.3, 0.4) is 0 Å². The number of unbranched alkanes of at least 4 members (excludes halogenated alkanes) is 2. The number of rotatable bonds is 8. The Morgan fingerprint density at radius 1 is 1.12 bits per heavy atom. The standard InChI is InChI=1S/C20H32N4O2/c1-15-11-12-16(21)14-18(15)24-19(25)10-6-3-7-13-22-20(26)23-17-8-4-2-5-9-17/h11-12,14,17H,2-10,13,21H2,1H3,(H,24,25)(H2,22,23,26). The van der Waals surface area contributed by atoms with Gasteiger partial charge in [-0.25, -0.2) is 4.79 Å². The van der Waals surface area contributed by atoms with Crippen molar-refractivity contribution < 1.29 is 9.59 Å². The van der Waals surface area contributed by atoms with E-state index in [2.05, 4.69) is 16.0 Å². The molecule has 0 spiro atoms. The van der Waals surface area contributed by atoms with Crippen LogP contribution in [0, 0.1) is 6.92 Å². The van der Waals surface area contributed by atoms with Gasteiger partial charge in [0.1, 0.15) is 0 Å². The van der Waals surface area contributed by atoms with Crippen molar-refractivity contribution in [3.63, 3.8) is 0 Å². The molecular formula is C20H32N4O2. The van der Waals surface area contributed by atoms with Crippen molar-refractivity contribution in [2.75, 3.05) is 17.6 Å². The second-order valence-electron chi connectivity index (χ2n) is 7.17. The van der Waals surface area contributed by atoms with Crippen molar-refractivity contribution in [3.8, 4) is 0 Å². The SMILES string of the molecule is Cc1ccc(N)cc1NC(=O)CCCCCNC(=O)NC1CCCCC1. The predicted octanol–water partition coefficient (Wildman–Crippen LogP) is 3.71. The first-order chi connectivity index (χ1) is 12.5. The lowest BCUT2D eigenvalue weighted by Gasteiger charge is -2.22. The first-order valence-electron chi connectivity index (χ1n) is 9.75. The molecule has 0 aromatic heterocycles. The van der Waals surface area contributed by atoms with Gasteiger partial charge in [-0.3, -0.25) is 4.79 Å². The highest BCUT2D eigenvalue weighted by Crippen LogP contribution is 2.19. The topological polar surface area (TPSA) is 96.2 Å². The minimum atomic E-state index is -0.0632. The molecule has 26 heavy (non-hydrogen) atoms. The van der Waals surface area contributed by atoms with Crippen molar-refractivity contribution in [3.05, 3.63) is 23.8 Å². The van der Waals surface area contributed by atoms with Crippen molar-refractivity contribution >= 4 is 23.3 Å². The van der Waals surface area contributed by atoms with Crippen LogP contribution >= 0.6 is 0 Å². The van der Waals surface area contributed by atoms with E-state index in [1.165, 1.54) is 19.3 Å². The molecule has 5 N–H and O–H groups in total. The fourth-order valence-electron chi connectivity index (χ4n) is 3.26. The average Bonchev–Trinajstić information content (AvgIpc) is 2.62. The number of urea groups is 1. The average molecular weight is 361 g/mol. The number of hydrogen-bond donors (Lipinski definition) is 4. The molecule has 0 radical (unpaired) electrons. The van der Waals surface area contributed by atoms with Crippen molar-refractivity contribution in [1.82, 2.24) is 10.6 Å². The molecule has 6 nitrogen and oxygen atoms in total. The van der Waals surface area contributed by atoms with Gasteiger partial charge in [0, 0.05) is 30.4 Å². The number of nitrogens with one attached hydrogen (secondary N) is 3. The van der Waals surface area contributed by atoms with E-state index in [1.54, 1.807) is 6.07 Å². The van der Waals surface area contributed by atoms with Crippen LogP contribution in [0.5, 0.6) is 0 Å². The third-order valence-corrected chi connectivity index (χ3v) is 4.84. The second-order valence-corrected chi connectivity index (χ2v) is 7.17. The van der Waals surface area contributed by atoms with Crippen molar-refractivity contribution in [1.29, 1.82) is 0 Å². The summed E-state index contributed by atoms with van der Waals surface area (Å²) >= 11 is 0. The minimum absolute atomic E-state index is 0.00157. The summed E-state index contributed by atoms with van der Waals surface area (Å²) in [6.45, 7) is 2.59. The summed E-state index contributed by atoms with van der Waals surface area (Å²) in [5.74, 6) is 0.00157. The molecular weight excluding hydrogens is 328 g/mol. The molecule has 0 saturated heterocycles. The Morgan fingerprint density at radius 2 is 1.88 bits per heavy atom. The fourth-order valence-corrected chi connectivity index (χ4v) is 3.26. The zero-order valence-electron chi connectivity index (χ0n) is 15.8.